The van der Waals surface area contributed by atoms with Gasteiger partial charge in [0.25, 0.3) is 5.56 Å². The average Bonchev–Trinajstić information content (AvgIpc) is 3.52. The van der Waals surface area contributed by atoms with Crippen LogP contribution in [0.15, 0.2) is 86.1 Å². The molecular formula is C29H23N2O7S-. The zero-order valence-electron chi connectivity index (χ0n) is 21.3. The van der Waals surface area contributed by atoms with Crippen LogP contribution in [0, 0.1) is 0 Å². The van der Waals surface area contributed by atoms with Gasteiger partial charge in [0, 0.05) is 17.2 Å². The second-order valence-electron chi connectivity index (χ2n) is 8.61. The highest BCUT2D eigenvalue weighted by Crippen LogP contribution is 2.32. The van der Waals surface area contributed by atoms with Crippen molar-refractivity contribution in [2.45, 2.75) is 19.9 Å². The van der Waals surface area contributed by atoms with Crippen LogP contribution in [0.4, 0.5) is 0 Å². The second kappa shape index (κ2) is 10.6. The van der Waals surface area contributed by atoms with Crippen molar-refractivity contribution in [3.8, 4) is 17.1 Å². The zero-order valence-corrected chi connectivity index (χ0v) is 22.1. The van der Waals surface area contributed by atoms with Gasteiger partial charge in [0.05, 0.1) is 41.5 Å². The lowest BCUT2D eigenvalue weighted by Crippen LogP contribution is -2.39. The van der Waals surface area contributed by atoms with E-state index in [9.17, 15) is 19.5 Å². The van der Waals surface area contributed by atoms with Crippen molar-refractivity contribution in [3.63, 3.8) is 0 Å². The molecule has 0 N–H and O–H groups in total. The first-order valence-corrected chi connectivity index (χ1v) is 12.9. The van der Waals surface area contributed by atoms with E-state index in [2.05, 4.69) is 4.99 Å². The van der Waals surface area contributed by atoms with Gasteiger partial charge in [-0.1, -0.05) is 47.7 Å². The predicted octanol–water partition coefficient (Wildman–Crippen LogP) is 2.43. The molecule has 0 saturated heterocycles. The van der Waals surface area contributed by atoms with Crippen LogP contribution in [-0.2, 0) is 9.53 Å². The number of thiazole rings is 1. The number of aromatic carboxylic acids is 1. The van der Waals surface area contributed by atoms with Crippen molar-refractivity contribution >= 4 is 29.4 Å². The number of carbonyl (C=O) groups excluding carboxylic acids is 2. The van der Waals surface area contributed by atoms with Crippen LogP contribution in [0.3, 0.4) is 0 Å². The van der Waals surface area contributed by atoms with Gasteiger partial charge in [-0.05, 0) is 43.7 Å². The summed E-state index contributed by atoms with van der Waals surface area (Å²) in [5.74, 6) is -0.547. The van der Waals surface area contributed by atoms with Crippen LogP contribution < -0.4 is 24.7 Å². The number of hydrogen-bond acceptors (Lipinski definition) is 9. The molecule has 39 heavy (non-hydrogen) atoms. The first kappa shape index (κ1) is 25.9. The van der Waals surface area contributed by atoms with Crippen molar-refractivity contribution in [1.29, 1.82) is 0 Å². The summed E-state index contributed by atoms with van der Waals surface area (Å²) in [6.45, 7) is 3.61. The van der Waals surface area contributed by atoms with E-state index in [1.807, 2.05) is 0 Å². The van der Waals surface area contributed by atoms with Crippen LogP contribution in [0.5, 0.6) is 5.75 Å². The van der Waals surface area contributed by atoms with Crippen LogP contribution in [0.1, 0.15) is 41.6 Å². The number of esters is 1. The van der Waals surface area contributed by atoms with Gasteiger partial charge in [-0.2, -0.15) is 0 Å². The summed E-state index contributed by atoms with van der Waals surface area (Å²) in [5.41, 5.74) is 1.44. The van der Waals surface area contributed by atoms with E-state index in [4.69, 9.17) is 13.9 Å². The molecule has 2 aromatic carbocycles. The molecule has 0 saturated carbocycles. The normalized spacial score (nSPS) is 15.1. The number of hydrogen-bond donors (Lipinski definition) is 0. The maximum absolute atomic E-state index is 13.7. The molecule has 1 aliphatic rings. The van der Waals surface area contributed by atoms with E-state index >= 15 is 0 Å². The Morgan fingerprint density at radius 2 is 1.87 bits per heavy atom. The Morgan fingerprint density at radius 3 is 2.56 bits per heavy atom. The Balaban J connectivity index is 1.63. The maximum Gasteiger partial charge on any atom is 0.338 e. The van der Waals surface area contributed by atoms with E-state index in [0.717, 1.165) is 11.3 Å². The molecule has 0 fully saturated rings. The fraction of sp³-hybridized carbons (Fsp3) is 0.172. The Bertz CT molecular complexity index is 1790. The molecule has 0 radical (unpaired) electrons. The number of methoxy groups -OCH3 is 1. The van der Waals surface area contributed by atoms with Crippen LogP contribution >= 0.6 is 11.3 Å². The summed E-state index contributed by atoms with van der Waals surface area (Å²) in [6.07, 6.45) is 1.57. The summed E-state index contributed by atoms with van der Waals surface area (Å²) >= 11 is 1.16. The summed E-state index contributed by atoms with van der Waals surface area (Å²) in [4.78, 5) is 43.2. The Hall–Kier alpha value is -4.70. The summed E-state index contributed by atoms with van der Waals surface area (Å²) < 4.78 is 18.3. The topological polar surface area (TPSA) is 123 Å². The predicted molar refractivity (Wildman–Crippen MR) is 142 cm³/mol. The molecule has 3 heterocycles. The maximum atomic E-state index is 13.7. The summed E-state index contributed by atoms with van der Waals surface area (Å²) in [7, 11) is 1.56. The first-order chi connectivity index (χ1) is 18.8. The molecular weight excluding hydrogens is 520 g/mol. The highest BCUT2D eigenvalue weighted by atomic mass is 32.1. The molecule has 198 valence electrons. The van der Waals surface area contributed by atoms with E-state index in [1.54, 1.807) is 81.6 Å². The number of carboxylic acid groups (broad SMARTS) is 1. The van der Waals surface area contributed by atoms with Gasteiger partial charge in [0.2, 0.25) is 0 Å². The number of aromatic nitrogens is 1. The fourth-order valence-corrected chi connectivity index (χ4v) is 5.50. The number of rotatable bonds is 7. The Kier molecular flexibility index (Phi) is 7.03. The lowest BCUT2D eigenvalue weighted by atomic mass is 9.96. The molecule has 2 aromatic heterocycles. The molecule has 0 spiro atoms. The number of nitrogens with zero attached hydrogens (tertiary/aromatic N) is 2. The van der Waals surface area contributed by atoms with Crippen molar-refractivity contribution in [2.24, 2.45) is 4.99 Å². The van der Waals surface area contributed by atoms with Gasteiger partial charge in [-0.3, -0.25) is 9.36 Å². The minimum absolute atomic E-state index is 0.000708. The molecule has 5 rings (SSSR count). The molecule has 10 heteroatoms. The largest absolute Gasteiger partial charge is 0.545 e. The van der Waals surface area contributed by atoms with Crippen molar-refractivity contribution in [2.75, 3.05) is 13.7 Å². The molecule has 4 aromatic rings. The van der Waals surface area contributed by atoms with Gasteiger partial charge in [-0.15, -0.1) is 0 Å². The number of carboxylic acids is 1. The van der Waals surface area contributed by atoms with Crippen LogP contribution in [-0.4, -0.2) is 30.2 Å². The van der Waals surface area contributed by atoms with E-state index < -0.39 is 18.0 Å². The third kappa shape index (κ3) is 4.82. The van der Waals surface area contributed by atoms with Gasteiger partial charge in [-0.25, -0.2) is 9.79 Å². The SMILES string of the molecule is CCOC(=O)C1=C(C)N=c2sc(=Cc3ccc(-c4ccccc4C(=O)[O-])o3)c(=O)n2[C@@H]1c1ccc(OC)cc1. The molecule has 1 aliphatic heterocycles. The fourth-order valence-electron chi connectivity index (χ4n) is 4.47. The van der Waals surface area contributed by atoms with Crippen molar-refractivity contribution in [3.05, 3.63) is 109 Å². The monoisotopic (exact) mass is 543 g/mol. The Morgan fingerprint density at radius 1 is 1.13 bits per heavy atom. The quantitative estimate of drug-likeness (QED) is 0.328. The van der Waals surface area contributed by atoms with Gasteiger partial charge >= 0.3 is 5.97 Å². The van der Waals surface area contributed by atoms with E-state index in [0.29, 0.717) is 43.4 Å². The summed E-state index contributed by atoms with van der Waals surface area (Å²) in [6, 6.07) is 16.0. The Labute approximate surface area is 226 Å². The number of carbonyl (C=O) groups is 2. The second-order valence-corrected chi connectivity index (χ2v) is 9.62. The van der Waals surface area contributed by atoms with Crippen molar-refractivity contribution in [1.82, 2.24) is 4.57 Å². The van der Waals surface area contributed by atoms with E-state index in [-0.39, 0.29) is 23.3 Å². The van der Waals surface area contributed by atoms with Crippen LogP contribution in [0.25, 0.3) is 17.4 Å². The zero-order chi connectivity index (χ0) is 27.7. The third-order valence-corrected chi connectivity index (χ3v) is 7.24. The smallest absolute Gasteiger partial charge is 0.338 e. The first-order valence-electron chi connectivity index (χ1n) is 12.1. The molecule has 0 unspecified atom stereocenters. The van der Waals surface area contributed by atoms with Crippen LogP contribution in [0.2, 0.25) is 0 Å². The highest BCUT2D eigenvalue weighted by Gasteiger charge is 2.33. The minimum atomic E-state index is -1.32. The molecule has 0 bridgehead atoms. The number of ether oxygens (including phenoxy) is 2. The number of allylic oxidation sites excluding steroid dienone is 1. The lowest BCUT2D eigenvalue weighted by molar-refractivity contribution is -0.255. The summed E-state index contributed by atoms with van der Waals surface area (Å²) in [5, 5.41) is 11.5. The molecule has 1 atom stereocenters. The van der Waals surface area contributed by atoms with Gasteiger partial charge in [0.1, 0.15) is 17.3 Å². The molecule has 9 nitrogen and oxygen atoms in total. The van der Waals surface area contributed by atoms with Crippen molar-refractivity contribution < 1.29 is 28.6 Å². The van der Waals surface area contributed by atoms with Gasteiger partial charge < -0.3 is 23.8 Å². The number of furan rings is 1. The molecule has 0 amide bonds. The highest BCUT2D eigenvalue weighted by molar-refractivity contribution is 7.07. The third-order valence-electron chi connectivity index (χ3n) is 6.26. The van der Waals surface area contributed by atoms with Gasteiger partial charge in [0.15, 0.2) is 4.80 Å². The standard InChI is InChI=1S/C29H24N2O7S/c1-4-37-28(35)24-16(2)30-29-31(25(24)17-9-11-18(36-3)12-10-17)26(32)23(39-29)15-19-13-14-22(38-19)20-7-5-6-8-21(20)27(33)34/h5-15,25H,4H2,1-3H3,(H,33,34)/p-1/t25-/m1/s1. The number of fused-ring (bicyclic) bond motifs is 1. The van der Waals surface area contributed by atoms with E-state index in [1.165, 1.54) is 10.6 Å². The lowest BCUT2D eigenvalue weighted by Gasteiger charge is -2.24. The number of benzene rings is 2. The minimum Gasteiger partial charge on any atom is -0.545 e. The molecule has 0 aliphatic carbocycles. The average molecular weight is 544 g/mol.